The molecule has 0 unspecified atom stereocenters. The third-order valence-electron chi connectivity index (χ3n) is 2.45. The van der Waals surface area contributed by atoms with Gasteiger partial charge >= 0.3 is 0 Å². The summed E-state index contributed by atoms with van der Waals surface area (Å²) in [7, 11) is 0. The van der Waals surface area contributed by atoms with Crippen LogP contribution >= 0.6 is 34.8 Å². The topological polar surface area (TPSA) is 55.1 Å². The summed E-state index contributed by atoms with van der Waals surface area (Å²) in [4.78, 5) is 11.4. The van der Waals surface area contributed by atoms with E-state index in [9.17, 15) is 4.79 Å². The maximum atomic E-state index is 11.4. The van der Waals surface area contributed by atoms with Crippen LogP contribution in [0.4, 0.5) is 11.4 Å². The van der Waals surface area contributed by atoms with Crippen LogP contribution in [-0.2, 0) is 0 Å². The zero-order chi connectivity index (χ0) is 14.0. The van der Waals surface area contributed by atoms with Gasteiger partial charge in [-0.3, -0.25) is 4.79 Å². The van der Waals surface area contributed by atoms with Gasteiger partial charge in [0, 0.05) is 10.0 Å². The van der Waals surface area contributed by atoms with E-state index in [2.05, 4.69) is 5.32 Å². The molecule has 3 nitrogen and oxygen atoms in total. The molecule has 0 aromatic heterocycles. The lowest BCUT2D eigenvalue weighted by Crippen LogP contribution is -2.13. The molecule has 0 bridgehead atoms. The summed E-state index contributed by atoms with van der Waals surface area (Å²) in [6.45, 7) is 0. The number of amides is 1. The van der Waals surface area contributed by atoms with Gasteiger partial charge in [-0.25, -0.2) is 0 Å². The second kappa shape index (κ2) is 5.70. The van der Waals surface area contributed by atoms with E-state index in [-0.39, 0.29) is 0 Å². The molecular formula is C13H9Cl3N2O. The van der Waals surface area contributed by atoms with Crippen LogP contribution in [0.2, 0.25) is 15.1 Å². The van der Waals surface area contributed by atoms with E-state index in [1.807, 2.05) is 0 Å². The standard InChI is InChI=1S/C13H9Cl3N2O/c14-7-1-3-11(9(5-7)13(17)19)18-12-4-2-8(15)6-10(12)16/h1-6,18H,(H2,17,19). The summed E-state index contributed by atoms with van der Waals surface area (Å²) < 4.78 is 0. The normalized spacial score (nSPS) is 10.3. The number of rotatable bonds is 3. The molecule has 98 valence electrons. The summed E-state index contributed by atoms with van der Waals surface area (Å²) in [5.41, 5.74) is 6.75. The molecule has 0 aliphatic rings. The van der Waals surface area contributed by atoms with Gasteiger partial charge in [0.1, 0.15) is 0 Å². The van der Waals surface area contributed by atoms with E-state index in [4.69, 9.17) is 40.5 Å². The fraction of sp³-hybridized carbons (Fsp3) is 0. The van der Waals surface area contributed by atoms with Gasteiger partial charge in [-0.05, 0) is 36.4 Å². The van der Waals surface area contributed by atoms with Gasteiger partial charge in [0.15, 0.2) is 0 Å². The van der Waals surface area contributed by atoms with Crippen molar-refractivity contribution < 1.29 is 4.79 Å². The van der Waals surface area contributed by atoms with Gasteiger partial charge in [-0.15, -0.1) is 0 Å². The smallest absolute Gasteiger partial charge is 0.250 e. The molecule has 0 saturated heterocycles. The first-order valence-electron chi connectivity index (χ1n) is 5.29. The van der Waals surface area contributed by atoms with Crippen LogP contribution in [0.25, 0.3) is 0 Å². The second-order valence-corrected chi connectivity index (χ2v) is 5.08. The number of primary amides is 1. The van der Waals surface area contributed by atoms with Gasteiger partial charge in [-0.2, -0.15) is 0 Å². The van der Waals surface area contributed by atoms with Crippen LogP contribution in [-0.4, -0.2) is 5.91 Å². The van der Waals surface area contributed by atoms with Gasteiger partial charge in [-0.1, -0.05) is 34.8 Å². The van der Waals surface area contributed by atoms with Gasteiger partial charge < -0.3 is 11.1 Å². The maximum Gasteiger partial charge on any atom is 0.250 e. The lowest BCUT2D eigenvalue weighted by Gasteiger charge is -2.12. The first-order chi connectivity index (χ1) is 8.97. The minimum Gasteiger partial charge on any atom is -0.366 e. The molecule has 2 aromatic carbocycles. The van der Waals surface area contributed by atoms with Crippen LogP contribution in [0.1, 0.15) is 10.4 Å². The molecular weight excluding hydrogens is 307 g/mol. The van der Waals surface area contributed by atoms with Crippen molar-refractivity contribution in [2.24, 2.45) is 5.73 Å². The van der Waals surface area contributed by atoms with Crippen molar-refractivity contribution in [1.29, 1.82) is 0 Å². The molecule has 3 N–H and O–H groups in total. The molecule has 0 aliphatic carbocycles. The minimum atomic E-state index is -0.574. The average Bonchev–Trinajstić information content (AvgIpc) is 2.34. The van der Waals surface area contributed by atoms with Crippen molar-refractivity contribution in [3.8, 4) is 0 Å². The molecule has 2 rings (SSSR count). The number of carbonyl (C=O) groups excluding carboxylic acids is 1. The average molecular weight is 316 g/mol. The Morgan fingerprint density at radius 2 is 1.53 bits per heavy atom. The van der Waals surface area contributed by atoms with Crippen molar-refractivity contribution in [3.63, 3.8) is 0 Å². The number of hydrogen-bond donors (Lipinski definition) is 2. The van der Waals surface area contributed by atoms with Gasteiger partial charge in [0.2, 0.25) is 0 Å². The quantitative estimate of drug-likeness (QED) is 0.877. The monoisotopic (exact) mass is 314 g/mol. The molecule has 0 fully saturated rings. The Morgan fingerprint density at radius 3 is 2.11 bits per heavy atom. The molecule has 2 aromatic rings. The maximum absolute atomic E-state index is 11.4. The predicted molar refractivity (Wildman–Crippen MR) is 79.7 cm³/mol. The summed E-state index contributed by atoms with van der Waals surface area (Å²) in [5, 5.41) is 4.43. The lowest BCUT2D eigenvalue weighted by atomic mass is 10.1. The summed E-state index contributed by atoms with van der Waals surface area (Å²) in [6, 6.07) is 9.81. The molecule has 0 atom stereocenters. The fourth-order valence-electron chi connectivity index (χ4n) is 1.57. The van der Waals surface area contributed by atoms with Crippen molar-refractivity contribution in [1.82, 2.24) is 0 Å². The van der Waals surface area contributed by atoms with E-state index < -0.39 is 5.91 Å². The molecule has 0 aliphatic heterocycles. The highest BCUT2D eigenvalue weighted by Gasteiger charge is 2.10. The Hall–Kier alpha value is -1.42. The summed E-state index contributed by atoms with van der Waals surface area (Å²) >= 11 is 17.7. The highest BCUT2D eigenvalue weighted by atomic mass is 35.5. The van der Waals surface area contributed by atoms with Crippen molar-refractivity contribution in [2.45, 2.75) is 0 Å². The molecule has 0 radical (unpaired) electrons. The third-order valence-corrected chi connectivity index (χ3v) is 3.23. The van der Waals surface area contributed by atoms with E-state index in [0.717, 1.165) is 0 Å². The Bertz CT molecular complexity index is 644. The molecule has 6 heteroatoms. The lowest BCUT2D eigenvalue weighted by molar-refractivity contribution is 0.100. The molecule has 1 amide bonds. The third kappa shape index (κ3) is 3.32. The number of anilines is 2. The molecule has 0 spiro atoms. The van der Waals surface area contributed by atoms with E-state index in [1.54, 1.807) is 30.3 Å². The number of nitrogens with one attached hydrogen (secondary N) is 1. The number of hydrogen-bond acceptors (Lipinski definition) is 2. The zero-order valence-corrected chi connectivity index (χ0v) is 11.9. The Labute approximate surface area is 125 Å². The Kier molecular flexibility index (Phi) is 4.20. The minimum absolute atomic E-state index is 0.290. The van der Waals surface area contributed by atoms with Crippen LogP contribution in [0.3, 0.4) is 0 Å². The summed E-state index contributed by atoms with van der Waals surface area (Å²) in [5.74, 6) is -0.574. The second-order valence-electron chi connectivity index (χ2n) is 3.80. The number of carbonyl (C=O) groups is 1. The highest BCUT2D eigenvalue weighted by Crippen LogP contribution is 2.30. The highest BCUT2D eigenvalue weighted by molar-refractivity contribution is 6.36. The van der Waals surface area contributed by atoms with Crippen LogP contribution in [0.5, 0.6) is 0 Å². The van der Waals surface area contributed by atoms with Crippen LogP contribution < -0.4 is 11.1 Å². The van der Waals surface area contributed by atoms with Gasteiger partial charge in [0.25, 0.3) is 5.91 Å². The molecule has 19 heavy (non-hydrogen) atoms. The first-order valence-corrected chi connectivity index (χ1v) is 6.42. The Morgan fingerprint density at radius 1 is 0.947 bits per heavy atom. The number of halogens is 3. The predicted octanol–water partition coefficient (Wildman–Crippen LogP) is 4.49. The molecule has 0 heterocycles. The van der Waals surface area contributed by atoms with E-state index in [1.165, 1.54) is 6.07 Å². The van der Waals surface area contributed by atoms with Crippen LogP contribution in [0.15, 0.2) is 36.4 Å². The van der Waals surface area contributed by atoms with E-state index >= 15 is 0 Å². The Balaban J connectivity index is 2.40. The SMILES string of the molecule is NC(=O)c1cc(Cl)ccc1Nc1ccc(Cl)cc1Cl. The summed E-state index contributed by atoms with van der Waals surface area (Å²) in [6.07, 6.45) is 0. The van der Waals surface area contributed by atoms with Gasteiger partial charge in [0.05, 0.1) is 22.0 Å². The first kappa shape index (κ1) is 14.0. The molecule has 0 saturated carbocycles. The van der Waals surface area contributed by atoms with E-state index in [0.29, 0.717) is 32.0 Å². The fourth-order valence-corrected chi connectivity index (χ4v) is 2.19. The number of nitrogens with two attached hydrogens (primary N) is 1. The number of benzene rings is 2. The zero-order valence-electron chi connectivity index (χ0n) is 9.58. The van der Waals surface area contributed by atoms with Crippen molar-refractivity contribution >= 4 is 52.1 Å². The largest absolute Gasteiger partial charge is 0.366 e. The van der Waals surface area contributed by atoms with Crippen molar-refractivity contribution in [3.05, 3.63) is 57.0 Å². The van der Waals surface area contributed by atoms with Crippen molar-refractivity contribution in [2.75, 3.05) is 5.32 Å². The van der Waals surface area contributed by atoms with Crippen LogP contribution in [0, 0.1) is 0 Å².